The van der Waals surface area contributed by atoms with Crippen molar-refractivity contribution in [3.05, 3.63) is 71.2 Å². The van der Waals surface area contributed by atoms with Gasteiger partial charge >= 0.3 is 0 Å². The molecular formula is C22H18N2O2S. The van der Waals surface area contributed by atoms with E-state index in [0.717, 1.165) is 32.6 Å². The van der Waals surface area contributed by atoms with Crippen LogP contribution in [0, 0.1) is 0 Å². The number of nitrogens with zero attached hydrogens (tertiary/aromatic N) is 2. The summed E-state index contributed by atoms with van der Waals surface area (Å²) >= 11 is 1.46. The second-order valence-electron chi connectivity index (χ2n) is 5.95. The van der Waals surface area contributed by atoms with Gasteiger partial charge in [0.25, 0.3) is 0 Å². The van der Waals surface area contributed by atoms with Gasteiger partial charge in [0.1, 0.15) is 11.0 Å². The summed E-state index contributed by atoms with van der Waals surface area (Å²) in [5.41, 5.74) is 4.96. The minimum Gasteiger partial charge on any atom is -0.493 e. The van der Waals surface area contributed by atoms with Crippen LogP contribution in [0.25, 0.3) is 34.3 Å². The zero-order valence-electron chi connectivity index (χ0n) is 15.0. The van der Waals surface area contributed by atoms with E-state index in [0.29, 0.717) is 11.5 Å². The van der Waals surface area contributed by atoms with Crippen molar-refractivity contribution in [2.75, 3.05) is 14.2 Å². The van der Waals surface area contributed by atoms with E-state index in [1.54, 1.807) is 14.2 Å². The standard InChI is InChI=1S/C22H18N2O2S/c1-25-19-10-9-16(13-20(19)26-2)17-12-18-22(23-14-17)21(27-24-18)11-8-15-6-4-3-5-7-15/h3-14H,1-2H3/b11-8+. The van der Waals surface area contributed by atoms with E-state index in [9.17, 15) is 0 Å². The van der Waals surface area contributed by atoms with Crippen molar-refractivity contribution < 1.29 is 9.47 Å². The number of hydrogen-bond acceptors (Lipinski definition) is 5. The molecule has 0 saturated heterocycles. The molecule has 0 saturated carbocycles. The molecule has 0 fully saturated rings. The number of aromatic nitrogens is 2. The topological polar surface area (TPSA) is 44.2 Å². The largest absolute Gasteiger partial charge is 0.493 e. The Bertz CT molecular complexity index is 1100. The molecule has 0 unspecified atom stereocenters. The Kier molecular flexibility index (Phi) is 4.85. The van der Waals surface area contributed by atoms with Crippen molar-refractivity contribution in [3.8, 4) is 22.6 Å². The molecule has 0 bridgehead atoms. The molecule has 0 spiro atoms. The lowest BCUT2D eigenvalue weighted by Gasteiger charge is -2.09. The SMILES string of the molecule is COc1ccc(-c2cnc3c(/C=C/c4ccccc4)snc3c2)cc1OC. The van der Waals surface area contributed by atoms with E-state index in [2.05, 4.69) is 39.7 Å². The molecule has 2 heterocycles. The molecule has 0 radical (unpaired) electrons. The Hall–Kier alpha value is -3.18. The number of ether oxygens (including phenoxy) is 2. The molecule has 4 aromatic rings. The minimum atomic E-state index is 0.694. The van der Waals surface area contributed by atoms with Gasteiger partial charge in [-0.2, -0.15) is 4.37 Å². The van der Waals surface area contributed by atoms with Crippen molar-refractivity contribution in [2.24, 2.45) is 0 Å². The molecule has 0 aliphatic carbocycles. The van der Waals surface area contributed by atoms with Gasteiger partial charge in [-0.1, -0.05) is 42.5 Å². The number of fused-ring (bicyclic) bond motifs is 1. The Labute approximate surface area is 161 Å². The second-order valence-corrected chi connectivity index (χ2v) is 6.76. The summed E-state index contributed by atoms with van der Waals surface area (Å²) in [6, 6.07) is 18.1. The first kappa shape index (κ1) is 17.2. The van der Waals surface area contributed by atoms with Crippen LogP contribution in [0.4, 0.5) is 0 Å². The molecule has 0 atom stereocenters. The van der Waals surface area contributed by atoms with Gasteiger partial charge in [0.2, 0.25) is 0 Å². The normalized spacial score (nSPS) is 11.2. The molecule has 5 heteroatoms. The zero-order valence-corrected chi connectivity index (χ0v) is 15.9. The van der Waals surface area contributed by atoms with Crippen molar-refractivity contribution in [1.82, 2.24) is 9.36 Å². The highest BCUT2D eigenvalue weighted by Crippen LogP contribution is 2.33. The van der Waals surface area contributed by atoms with Gasteiger partial charge in [-0.15, -0.1) is 0 Å². The summed E-state index contributed by atoms with van der Waals surface area (Å²) < 4.78 is 15.3. The lowest BCUT2D eigenvalue weighted by molar-refractivity contribution is 0.355. The molecule has 2 aromatic carbocycles. The van der Waals surface area contributed by atoms with Crippen LogP contribution in [-0.4, -0.2) is 23.6 Å². The van der Waals surface area contributed by atoms with Crippen molar-refractivity contribution in [1.29, 1.82) is 0 Å². The smallest absolute Gasteiger partial charge is 0.161 e. The van der Waals surface area contributed by atoms with Crippen LogP contribution >= 0.6 is 11.5 Å². The van der Waals surface area contributed by atoms with Gasteiger partial charge in [-0.25, -0.2) is 0 Å². The highest BCUT2D eigenvalue weighted by atomic mass is 32.1. The van der Waals surface area contributed by atoms with Crippen molar-refractivity contribution in [2.45, 2.75) is 0 Å². The van der Waals surface area contributed by atoms with Crippen LogP contribution in [0.1, 0.15) is 10.4 Å². The van der Waals surface area contributed by atoms with Crippen LogP contribution in [0.5, 0.6) is 11.5 Å². The minimum absolute atomic E-state index is 0.694. The maximum atomic E-state index is 5.40. The summed E-state index contributed by atoms with van der Waals surface area (Å²) in [6.07, 6.45) is 6.02. The molecule has 0 N–H and O–H groups in total. The summed E-state index contributed by atoms with van der Waals surface area (Å²) in [6.45, 7) is 0. The van der Waals surface area contributed by atoms with Crippen molar-refractivity contribution in [3.63, 3.8) is 0 Å². The van der Waals surface area contributed by atoms with Gasteiger partial charge in [0.05, 0.1) is 19.1 Å². The quantitative estimate of drug-likeness (QED) is 0.460. The fourth-order valence-electron chi connectivity index (χ4n) is 2.87. The third kappa shape index (κ3) is 3.55. The molecule has 0 aliphatic rings. The maximum absolute atomic E-state index is 5.40. The monoisotopic (exact) mass is 374 g/mol. The Morgan fingerprint density at radius 3 is 2.44 bits per heavy atom. The molecule has 0 amide bonds. The van der Waals surface area contributed by atoms with Crippen LogP contribution in [0.15, 0.2) is 60.8 Å². The van der Waals surface area contributed by atoms with Crippen LogP contribution < -0.4 is 9.47 Å². The first-order chi connectivity index (χ1) is 13.3. The number of rotatable bonds is 5. The maximum Gasteiger partial charge on any atom is 0.161 e. The second kappa shape index (κ2) is 7.60. The average Bonchev–Trinajstić information content (AvgIpc) is 3.14. The van der Waals surface area contributed by atoms with Gasteiger partial charge in [-0.05, 0) is 46.9 Å². The Morgan fingerprint density at radius 2 is 1.67 bits per heavy atom. The Morgan fingerprint density at radius 1 is 0.852 bits per heavy atom. The van der Waals surface area contributed by atoms with Crippen molar-refractivity contribution >= 4 is 34.7 Å². The summed E-state index contributed by atoms with van der Waals surface area (Å²) in [5.74, 6) is 1.40. The fraction of sp³-hybridized carbons (Fsp3) is 0.0909. The highest BCUT2D eigenvalue weighted by molar-refractivity contribution is 7.08. The summed E-state index contributed by atoms with van der Waals surface area (Å²) in [7, 11) is 3.26. The lowest BCUT2D eigenvalue weighted by atomic mass is 10.1. The molecule has 4 nitrogen and oxygen atoms in total. The van der Waals surface area contributed by atoms with E-state index in [4.69, 9.17) is 9.47 Å². The predicted octanol–water partition coefficient (Wildman–Crippen LogP) is 5.55. The fourth-order valence-corrected chi connectivity index (χ4v) is 3.58. The number of hydrogen-bond donors (Lipinski definition) is 0. The van der Waals surface area contributed by atoms with Crippen LogP contribution in [0.2, 0.25) is 0 Å². The third-order valence-corrected chi connectivity index (χ3v) is 5.10. The van der Waals surface area contributed by atoms with Crippen LogP contribution in [-0.2, 0) is 0 Å². The van der Waals surface area contributed by atoms with Gasteiger partial charge in [-0.3, -0.25) is 4.98 Å². The van der Waals surface area contributed by atoms with Crippen LogP contribution in [0.3, 0.4) is 0 Å². The van der Waals surface area contributed by atoms with Gasteiger partial charge < -0.3 is 9.47 Å². The third-order valence-electron chi connectivity index (χ3n) is 4.29. The Balaban J connectivity index is 1.67. The number of benzene rings is 2. The predicted molar refractivity (Wildman–Crippen MR) is 111 cm³/mol. The molecule has 27 heavy (non-hydrogen) atoms. The number of methoxy groups -OCH3 is 2. The van der Waals surface area contributed by atoms with Gasteiger partial charge in [0, 0.05) is 11.8 Å². The number of pyridine rings is 1. The van der Waals surface area contributed by atoms with E-state index < -0.39 is 0 Å². The highest BCUT2D eigenvalue weighted by Gasteiger charge is 2.10. The van der Waals surface area contributed by atoms with E-state index >= 15 is 0 Å². The van der Waals surface area contributed by atoms with E-state index in [-0.39, 0.29) is 0 Å². The summed E-state index contributed by atoms with van der Waals surface area (Å²) in [5, 5.41) is 0. The van der Waals surface area contributed by atoms with E-state index in [1.165, 1.54) is 11.5 Å². The molecule has 0 aliphatic heterocycles. The molecular weight excluding hydrogens is 356 g/mol. The summed E-state index contributed by atoms with van der Waals surface area (Å²) in [4.78, 5) is 5.70. The first-order valence-electron chi connectivity index (χ1n) is 8.49. The molecule has 4 rings (SSSR count). The molecule has 134 valence electrons. The van der Waals surface area contributed by atoms with E-state index in [1.807, 2.05) is 42.6 Å². The molecule has 2 aromatic heterocycles. The zero-order chi connectivity index (χ0) is 18.6. The lowest BCUT2D eigenvalue weighted by Crippen LogP contribution is -1.91. The average molecular weight is 374 g/mol. The van der Waals surface area contributed by atoms with Gasteiger partial charge in [0.15, 0.2) is 11.5 Å². The first-order valence-corrected chi connectivity index (χ1v) is 9.27.